The van der Waals surface area contributed by atoms with Crippen molar-refractivity contribution in [3.8, 4) is 0 Å². The molecular weight excluding hydrogens is 220 g/mol. The van der Waals surface area contributed by atoms with E-state index in [4.69, 9.17) is 8.85 Å². The van der Waals surface area contributed by atoms with Crippen molar-refractivity contribution in [3.05, 3.63) is 12.2 Å². The Bertz CT molecular complexity index is 220. The highest BCUT2D eigenvalue weighted by Gasteiger charge is 2.29. The molecule has 0 unspecified atom stereocenters. The average molecular weight is 244 g/mol. The van der Waals surface area contributed by atoms with Crippen LogP contribution in [-0.2, 0) is 13.6 Å². The van der Waals surface area contributed by atoms with Crippen LogP contribution in [0.2, 0.25) is 12.6 Å². The predicted octanol–water partition coefficient (Wildman–Crippen LogP) is 3.06. The molecule has 0 aliphatic carbocycles. The van der Waals surface area contributed by atoms with E-state index < -0.39 is 8.56 Å². The minimum absolute atomic E-state index is 0.187. The summed E-state index contributed by atoms with van der Waals surface area (Å²) >= 11 is 0. The Morgan fingerprint density at radius 1 is 1.25 bits per heavy atom. The van der Waals surface area contributed by atoms with E-state index in [0.29, 0.717) is 19.6 Å². The lowest BCUT2D eigenvalue weighted by atomic mass is 10.2. The summed E-state index contributed by atoms with van der Waals surface area (Å²) in [6, 6.07) is 0.887. The molecule has 0 N–H and O–H groups in total. The van der Waals surface area contributed by atoms with Gasteiger partial charge >= 0.3 is 8.56 Å². The normalized spacial score (nSPS) is 12.2. The largest absolute Gasteiger partial charge is 0.395 e. The minimum Gasteiger partial charge on any atom is -0.395 e. The van der Waals surface area contributed by atoms with Gasteiger partial charge in [0.2, 0.25) is 0 Å². The Labute approximate surface area is 100 Å². The van der Waals surface area contributed by atoms with E-state index in [9.17, 15) is 4.79 Å². The number of ketones is 1. The van der Waals surface area contributed by atoms with Crippen molar-refractivity contribution in [2.75, 3.05) is 13.2 Å². The van der Waals surface area contributed by atoms with Gasteiger partial charge in [0.25, 0.3) is 0 Å². The van der Waals surface area contributed by atoms with Crippen LogP contribution in [0.1, 0.15) is 33.6 Å². The summed E-state index contributed by atoms with van der Waals surface area (Å²) in [5.74, 6) is 0.187. The minimum atomic E-state index is -2.02. The molecule has 94 valence electrons. The fourth-order valence-electron chi connectivity index (χ4n) is 1.65. The standard InChI is InChI=1S/C12H24O3Si/c1-5-9-12(13)10-8-11-16(4,14-6-2)15-7-3/h5,9H,6-8,10-11H2,1-4H3. The fourth-order valence-corrected chi connectivity index (χ4v) is 4.06. The van der Waals surface area contributed by atoms with E-state index in [0.717, 1.165) is 12.5 Å². The van der Waals surface area contributed by atoms with Crippen molar-refractivity contribution in [1.29, 1.82) is 0 Å². The van der Waals surface area contributed by atoms with Crippen LogP contribution in [0.5, 0.6) is 0 Å². The highest BCUT2D eigenvalue weighted by Crippen LogP contribution is 2.17. The fraction of sp³-hybridized carbons (Fsp3) is 0.750. The predicted molar refractivity (Wildman–Crippen MR) is 68.7 cm³/mol. The zero-order valence-electron chi connectivity index (χ0n) is 10.9. The van der Waals surface area contributed by atoms with Gasteiger partial charge in [0.1, 0.15) is 0 Å². The van der Waals surface area contributed by atoms with Crippen LogP contribution in [-0.4, -0.2) is 27.6 Å². The number of carbonyl (C=O) groups is 1. The molecule has 0 aromatic rings. The summed E-state index contributed by atoms with van der Waals surface area (Å²) in [5, 5.41) is 0. The lowest BCUT2D eigenvalue weighted by molar-refractivity contribution is -0.114. The Balaban J connectivity index is 3.97. The number of hydrogen-bond donors (Lipinski definition) is 0. The molecular formula is C12H24O3Si. The van der Waals surface area contributed by atoms with Gasteiger partial charge < -0.3 is 8.85 Å². The third kappa shape index (κ3) is 6.93. The van der Waals surface area contributed by atoms with Gasteiger partial charge in [0.15, 0.2) is 5.78 Å². The van der Waals surface area contributed by atoms with Gasteiger partial charge in [-0.3, -0.25) is 4.79 Å². The summed E-state index contributed by atoms with van der Waals surface area (Å²) in [6.07, 6.45) is 4.85. The molecule has 3 nitrogen and oxygen atoms in total. The van der Waals surface area contributed by atoms with Crippen LogP contribution in [0.3, 0.4) is 0 Å². The topological polar surface area (TPSA) is 35.5 Å². The summed E-state index contributed by atoms with van der Waals surface area (Å²) in [5.41, 5.74) is 0. The summed E-state index contributed by atoms with van der Waals surface area (Å²) in [4.78, 5) is 11.3. The molecule has 0 rings (SSSR count). The molecule has 0 radical (unpaired) electrons. The third-order valence-corrected chi connectivity index (χ3v) is 5.37. The van der Waals surface area contributed by atoms with Gasteiger partial charge in [-0.05, 0) is 45.9 Å². The first kappa shape index (κ1) is 15.5. The number of rotatable bonds is 9. The zero-order valence-corrected chi connectivity index (χ0v) is 11.9. The molecule has 0 aromatic carbocycles. The molecule has 0 aliphatic heterocycles. The van der Waals surface area contributed by atoms with E-state index in [1.165, 1.54) is 0 Å². The maximum Gasteiger partial charge on any atom is 0.334 e. The summed E-state index contributed by atoms with van der Waals surface area (Å²) < 4.78 is 11.4. The van der Waals surface area contributed by atoms with E-state index in [1.54, 1.807) is 12.2 Å². The molecule has 0 fully saturated rings. The van der Waals surface area contributed by atoms with Gasteiger partial charge in [-0.25, -0.2) is 0 Å². The smallest absolute Gasteiger partial charge is 0.334 e. The van der Waals surface area contributed by atoms with E-state index >= 15 is 0 Å². The highest BCUT2D eigenvalue weighted by atomic mass is 28.4. The van der Waals surface area contributed by atoms with E-state index in [-0.39, 0.29) is 5.78 Å². The van der Waals surface area contributed by atoms with Crippen molar-refractivity contribution in [2.45, 2.75) is 46.2 Å². The van der Waals surface area contributed by atoms with Crippen LogP contribution in [0.15, 0.2) is 12.2 Å². The summed E-state index contributed by atoms with van der Waals surface area (Å²) in [6.45, 7) is 9.26. The van der Waals surface area contributed by atoms with Gasteiger partial charge in [-0.2, -0.15) is 0 Å². The quantitative estimate of drug-likeness (QED) is 0.462. The molecule has 0 saturated carbocycles. The van der Waals surface area contributed by atoms with Gasteiger partial charge in [-0.15, -0.1) is 0 Å². The van der Waals surface area contributed by atoms with Crippen LogP contribution >= 0.6 is 0 Å². The van der Waals surface area contributed by atoms with Gasteiger partial charge in [0.05, 0.1) is 0 Å². The third-order valence-electron chi connectivity index (χ3n) is 2.31. The maximum absolute atomic E-state index is 11.3. The average Bonchev–Trinajstić information content (AvgIpc) is 2.18. The second kappa shape index (κ2) is 8.67. The first-order chi connectivity index (χ1) is 7.58. The van der Waals surface area contributed by atoms with Crippen LogP contribution in [0.25, 0.3) is 0 Å². The molecule has 0 aromatic heterocycles. The van der Waals surface area contributed by atoms with Crippen molar-refractivity contribution >= 4 is 14.3 Å². The van der Waals surface area contributed by atoms with Crippen LogP contribution in [0, 0.1) is 0 Å². The van der Waals surface area contributed by atoms with Crippen molar-refractivity contribution in [1.82, 2.24) is 0 Å². The number of hydrogen-bond acceptors (Lipinski definition) is 3. The maximum atomic E-state index is 11.3. The summed E-state index contributed by atoms with van der Waals surface area (Å²) in [7, 11) is -2.02. The first-order valence-corrected chi connectivity index (χ1v) is 8.53. The lowest BCUT2D eigenvalue weighted by Gasteiger charge is -2.25. The molecule has 0 atom stereocenters. The van der Waals surface area contributed by atoms with Crippen molar-refractivity contribution < 1.29 is 13.6 Å². The Morgan fingerprint density at radius 3 is 2.25 bits per heavy atom. The molecule has 0 aliphatic rings. The Kier molecular flexibility index (Phi) is 8.43. The van der Waals surface area contributed by atoms with E-state index in [2.05, 4.69) is 6.55 Å². The Hall–Kier alpha value is -0.453. The van der Waals surface area contributed by atoms with Gasteiger partial charge in [-0.1, -0.05) is 6.08 Å². The molecule has 16 heavy (non-hydrogen) atoms. The Morgan fingerprint density at radius 2 is 1.81 bits per heavy atom. The highest BCUT2D eigenvalue weighted by molar-refractivity contribution is 6.66. The van der Waals surface area contributed by atoms with Gasteiger partial charge in [0, 0.05) is 19.6 Å². The molecule has 0 heterocycles. The SMILES string of the molecule is CC=CC(=O)CCC[Si](C)(OCC)OCC. The van der Waals surface area contributed by atoms with Crippen LogP contribution in [0.4, 0.5) is 0 Å². The molecule has 0 saturated heterocycles. The van der Waals surface area contributed by atoms with Crippen molar-refractivity contribution in [3.63, 3.8) is 0 Å². The first-order valence-electron chi connectivity index (χ1n) is 6.01. The second-order valence-corrected chi connectivity index (χ2v) is 7.16. The molecule has 0 spiro atoms. The second-order valence-electron chi connectivity index (χ2n) is 3.82. The van der Waals surface area contributed by atoms with Crippen LogP contribution < -0.4 is 0 Å². The zero-order chi connectivity index (χ0) is 12.4. The lowest BCUT2D eigenvalue weighted by Crippen LogP contribution is -2.38. The number of allylic oxidation sites excluding steroid dienone is 2. The monoisotopic (exact) mass is 244 g/mol. The molecule has 0 bridgehead atoms. The van der Waals surface area contributed by atoms with Crippen molar-refractivity contribution in [2.24, 2.45) is 0 Å². The number of carbonyl (C=O) groups excluding carboxylic acids is 1. The molecule has 0 amide bonds. The van der Waals surface area contributed by atoms with E-state index in [1.807, 2.05) is 20.8 Å². The molecule has 4 heteroatoms.